The molecule has 0 saturated carbocycles. The molecule has 0 N–H and O–H groups in total. The second-order valence-electron chi connectivity index (χ2n) is 7.84. The zero-order chi connectivity index (χ0) is 20.3. The summed E-state index contributed by atoms with van der Waals surface area (Å²) in [6.45, 7) is 10.6. The van der Waals surface area contributed by atoms with Crippen LogP contribution in [0.1, 0.15) is 38.3 Å². The molecule has 1 saturated heterocycles. The number of carbonyl (C=O) groups is 2. The SMILES string of the molecule is CCCN1C(=O)C2C(N=C3N(c4ccc(C)cc4C)C(C)=C(C)N32)N(C)C1=O. The first-order valence-corrected chi connectivity index (χ1v) is 9.78. The average Bonchev–Trinajstić information content (AvgIpc) is 3.14. The van der Waals surface area contributed by atoms with E-state index in [1.165, 1.54) is 10.5 Å². The zero-order valence-electron chi connectivity index (χ0n) is 17.4. The molecule has 7 nitrogen and oxygen atoms in total. The molecule has 0 spiro atoms. The van der Waals surface area contributed by atoms with E-state index in [1.54, 1.807) is 11.9 Å². The molecule has 0 radical (unpaired) electrons. The van der Waals surface area contributed by atoms with Gasteiger partial charge >= 0.3 is 6.03 Å². The maximum absolute atomic E-state index is 13.2. The number of imide groups is 1. The number of anilines is 1. The summed E-state index contributed by atoms with van der Waals surface area (Å²) in [5.74, 6) is 0.562. The van der Waals surface area contributed by atoms with Crippen LogP contribution in [-0.2, 0) is 4.79 Å². The maximum atomic E-state index is 13.2. The molecule has 3 aliphatic heterocycles. The molecule has 2 atom stereocenters. The summed E-state index contributed by atoms with van der Waals surface area (Å²) in [5, 5.41) is 0. The number of allylic oxidation sites excluding steroid dienone is 2. The second-order valence-corrected chi connectivity index (χ2v) is 7.84. The van der Waals surface area contributed by atoms with Crippen molar-refractivity contribution in [1.82, 2.24) is 14.7 Å². The Morgan fingerprint density at radius 3 is 2.43 bits per heavy atom. The number of hydrogen-bond acceptors (Lipinski definition) is 5. The Morgan fingerprint density at radius 1 is 1.07 bits per heavy atom. The van der Waals surface area contributed by atoms with E-state index in [0.717, 1.165) is 35.0 Å². The highest BCUT2D eigenvalue weighted by atomic mass is 16.2. The van der Waals surface area contributed by atoms with Gasteiger partial charge in [-0.25, -0.2) is 9.79 Å². The number of nitrogens with zero attached hydrogens (tertiary/aromatic N) is 5. The summed E-state index contributed by atoms with van der Waals surface area (Å²) in [6, 6.07) is 5.55. The number of aliphatic imine (C=N–C) groups is 1. The predicted molar refractivity (Wildman–Crippen MR) is 109 cm³/mol. The number of aryl methyl sites for hydroxylation is 2. The molecule has 0 bridgehead atoms. The molecular weight excluding hydrogens is 354 g/mol. The minimum Gasteiger partial charge on any atom is -0.302 e. The van der Waals surface area contributed by atoms with E-state index in [0.29, 0.717) is 6.54 Å². The van der Waals surface area contributed by atoms with Crippen LogP contribution in [-0.4, -0.2) is 58.4 Å². The van der Waals surface area contributed by atoms with Gasteiger partial charge in [-0.15, -0.1) is 0 Å². The highest BCUT2D eigenvalue weighted by molar-refractivity contribution is 6.10. The summed E-state index contributed by atoms with van der Waals surface area (Å²) in [5.41, 5.74) is 5.45. The van der Waals surface area contributed by atoms with E-state index in [-0.39, 0.29) is 11.9 Å². The summed E-state index contributed by atoms with van der Waals surface area (Å²) < 4.78 is 0. The van der Waals surface area contributed by atoms with E-state index < -0.39 is 12.2 Å². The topological polar surface area (TPSA) is 59.5 Å². The molecule has 28 heavy (non-hydrogen) atoms. The van der Waals surface area contributed by atoms with Crippen LogP contribution in [0.15, 0.2) is 34.6 Å². The van der Waals surface area contributed by atoms with Gasteiger partial charge in [0, 0.05) is 25.0 Å². The van der Waals surface area contributed by atoms with Gasteiger partial charge < -0.3 is 4.90 Å². The van der Waals surface area contributed by atoms with Crippen molar-refractivity contribution >= 4 is 23.6 Å². The van der Waals surface area contributed by atoms with E-state index in [9.17, 15) is 9.59 Å². The van der Waals surface area contributed by atoms with E-state index in [2.05, 4.69) is 43.9 Å². The van der Waals surface area contributed by atoms with Crippen molar-refractivity contribution in [2.45, 2.75) is 53.2 Å². The lowest BCUT2D eigenvalue weighted by molar-refractivity contribution is -0.136. The summed E-state index contributed by atoms with van der Waals surface area (Å²) in [4.78, 5) is 37.8. The van der Waals surface area contributed by atoms with E-state index in [4.69, 9.17) is 4.99 Å². The Hall–Kier alpha value is -2.83. The zero-order valence-corrected chi connectivity index (χ0v) is 17.4. The molecule has 0 aromatic heterocycles. The molecule has 4 rings (SSSR count). The van der Waals surface area contributed by atoms with Crippen LogP contribution in [0.5, 0.6) is 0 Å². The molecule has 3 heterocycles. The number of hydrogen-bond donors (Lipinski definition) is 0. The number of guanidine groups is 1. The molecule has 3 amide bonds. The van der Waals surface area contributed by atoms with Crippen molar-refractivity contribution in [3.8, 4) is 0 Å². The minimum atomic E-state index is -0.505. The number of urea groups is 1. The lowest BCUT2D eigenvalue weighted by atomic mass is 10.1. The van der Waals surface area contributed by atoms with Gasteiger partial charge in [-0.1, -0.05) is 24.6 Å². The maximum Gasteiger partial charge on any atom is 0.328 e. The van der Waals surface area contributed by atoms with Crippen LogP contribution in [0.25, 0.3) is 0 Å². The number of rotatable bonds is 3. The number of carbonyl (C=O) groups excluding carboxylic acids is 2. The van der Waals surface area contributed by atoms with Crippen LogP contribution in [0.2, 0.25) is 0 Å². The van der Waals surface area contributed by atoms with Crippen molar-refractivity contribution in [3.63, 3.8) is 0 Å². The Kier molecular flexibility index (Phi) is 4.21. The van der Waals surface area contributed by atoms with Crippen LogP contribution in [0, 0.1) is 13.8 Å². The third-order valence-electron chi connectivity index (χ3n) is 5.93. The fraction of sp³-hybridized carbons (Fsp3) is 0.476. The molecule has 3 aliphatic rings. The lowest BCUT2D eigenvalue weighted by Gasteiger charge is -2.40. The van der Waals surface area contributed by atoms with Crippen LogP contribution < -0.4 is 4.90 Å². The van der Waals surface area contributed by atoms with Gasteiger partial charge in [0.05, 0.1) is 5.69 Å². The molecule has 0 aliphatic carbocycles. The molecule has 1 fully saturated rings. The number of amides is 3. The quantitative estimate of drug-likeness (QED) is 0.807. The molecule has 2 unspecified atom stereocenters. The third-order valence-corrected chi connectivity index (χ3v) is 5.93. The van der Waals surface area contributed by atoms with Crippen LogP contribution in [0.3, 0.4) is 0 Å². The Balaban J connectivity index is 1.80. The van der Waals surface area contributed by atoms with Gasteiger partial charge in [-0.3, -0.25) is 19.5 Å². The second kappa shape index (κ2) is 6.36. The predicted octanol–water partition coefficient (Wildman–Crippen LogP) is 3.05. The molecular formula is C21H27N5O2. The Bertz CT molecular complexity index is 935. The van der Waals surface area contributed by atoms with Crippen molar-refractivity contribution in [1.29, 1.82) is 0 Å². The summed E-state index contributed by atoms with van der Waals surface area (Å²) >= 11 is 0. The van der Waals surface area contributed by atoms with Crippen LogP contribution >= 0.6 is 0 Å². The van der Waals surface area contributed by atoms with Gasteiger partial charge in [0.1, 0.15) is 0 Å². The fourth-order valence-electron chi connectivity index (χ4n) is 4.39. The smallest absolute Gasteiger partial charge is 0.302 e. The van der Waals surface area contributed by atoms with Crippen molar-refractivity contribution in [2.75, 3.05) is 18.5 Å². The molecule has 7 heteroatoms. The van der Waals surface area contributed by atoms with E-state index >= 15 is 0 Å². The number of benzene rings is 1. The van der Waals surface area contributed by atoms with Gasteiger partial charge in [-0.2, -0.15) is 0 Å². The first-order valence-electron chi connectivity index (χ1n) is 9.78. The first-order chi connectivity index (χ1) is 13.3. The first kappa shape index (κ1) is 18.5. The largest absolute Gasteiger partial charge is 0.328 e. The average molecular weight is 381 g/mol. The van der Waals surface area contributed by atoms with Crippen molar-refractivity contribution < 1.29 is 9.59 Å². The third kappa shape index (κ3) is 2.38. The Labute approximate surface area is 165 Å². The van der Waals surface area contributed by atoms with Gasteiger partial charge in [-0.05, 0) is 45.7 Å². The minimum absolute atomic E-state index is 0.164. The number of likely N-dealkylation sites (N-methyl/N-ethyl adjacent to an activating group) is 1. The van der Waals surface area contributed by atoms with Gasteiger partial charge in [0.15, 0.2) is 12.2 Å². The molecule has 1 aromatic carbocycles. The highest BCUT2D eigenvalue weighted by Crippen LogP contribution is 2.40. The fourth-order valence-corrected chi connectivity index (χ4v) is 4.39. The summed E-state index contributed by atoms with van der Waals surface area (Å²) in [6.07, 6.45) is 0.235. The van der Waals surface area contributed by atoms with E-state index in [1.807, 2.05) is 18.7 Å². The Morgan fingerprint density at radius 2 is 1.79 bits per heavy atom. The standard InChI is InChI=1S/C21H27N5O2/c1-7-10-24-19(27)17-18(23(6)21(24)28)22-20-25(14(4)15(5)26(17)20)16-9-8-12(2)11-13(16)3/h8-9,11,17-18H,7,10H2,1-6H3. The molecule has 1 aromatic rings. The number of fused-ring (bicyclic) bond motifs is 3. The van der Waals surface area contributed by atoms with Gasteiger partial charge in [0.2, 0.25) is 5.96 Å². The highest BCUT2D eigenvalue weighted by Gasteiger charge is 2.55. The van der Waals surface area contributed by atoms with Crippen molar-refractivity contribution in [3.05, 3.63) is 40.7 Å². The normalized spacial score (nSPS) is 24.3. The molecule has 148 valence electrons. The van der Waals surface area contributed by atoms with Gasteiger partial charge in [0.25, 0.3) is 5.91 Å². The lowest BCUT2D eigenvalue weighted by Crippen LogP contribution is -2.64. The van der Waals surface area contributed by atoms with Crippen molar-refractivity contribution in [2.24, 2.45) is 4.99 Å². The summed E-state index contributed by atoms with van der Waals surface area (Å²) in [7, 11) is 1.73. The van der Waals surface area contributed by atoms with Crippen LogP contribution in [0.4, 0.5) is 10.5 Å². The monoisotopic (exact) mass is 381 g/mol.